The Labute approximate surface area is 170 Å². The molecule has 2 aromatic heterocycles. The van der Waals surface area contributed by atoms with E-state index in [9.17, 15) is 9.59 Å². The highest BCUT2D eigenvalue weighted by Crippen LogP contribution is 2.44. The van der Waals surface area contributed by atoms with Gasteiger partial charge in [0, 0.05) is 44.5 Å². The molecular weight excluding hydrogens is 366 g/mol. The minimum Gasteiger partial charge on any atom is -0.347 e. The number of carbonyl (C=O) groups excluding carboxylic acids is 1. The summed E-state index contributed by atoms with van der Waals surface area (Å²) in [6.07, 6.45) is 8.70. The zero-order chi connectivity index (χ0) is 20.2. The second-order valence-electron chi connectivity index (χ2n) is 8.92. The Kier molecular flexibility index (Phi) is 4.22. The van der Waals surface area contributed by atoms with E-state index in [1.54, 1.807) is 0 Å². The van der Waals surface area contributed by atoms with Crippen molar-refractivity contribution < 1.29 is 4.79 Å². The molecule has 1 saturated heterocycles. The lowest BCUT2D eigenvalue weighted by molar-refractivity contribution is 0.0631. The lowest BCUT2D eigenvalue weighted by Gasteiger charge is -2.40. The van der Waals surface area contributed by atoms with Crippen LogP contribution in [0.25, 0.3) is 0 Å². The Morgan fingerprint density at radius 3 is 2.86 bits per heavy atom. The third-order valence-electron chi connectivity index (χ3n) is 6.81. The second-order valence-corrected chi connectivity index (χ2v) is 8.92. The Balaban J connectivity index is 1.46. The average molecular weight is 393 g/mol. The van der Waals surface area contributed by atoms with Gasteiger partial charge >= 0.3 is 0 Å². The van der Waals surface area contributed by atoms with Crippen LogP contribution in [0, 0.1) is 0 Å². The average Bonchev–Trinajstić information content (AvgIpc) is 3.31. The maximum atomic E-state index is 13.3. The van der Waals surface area contributed by atoms with E-state index in [-0.39, 0.29) is 22.4 Å². The molecule has 5 rings (SSSR count). The summed E-state index contributed by atoms with van der Waals surface area (Å²) in [5.41, 5.74) is 4.32. The zero-order valence-corrected chi connectivity index (χ0v) is 17.1. The Hall–Kier alpha value is -2.70. The van der Waals surface area contributed by atoms with E-state index in [4.69, 9.17) is 4.98 Å². The summed E-state index contributed by atoms with van der Waals surface area (Å²) >= 11 is 0. The first-order chi connectivity index (χ1) is 14.0. The van der Waals surface area contributed by atoms with Gasteiger partial charge in [-0.2, -0.15) is 0 Å². The van der Waals surface area contributed by atoms with Crippen molar-refractivity contribution in [1.82, 2.24) is 19.9 Å². The van der Waals surface area contributed by atoms with E-state index in [0.717, 1.165) is 61.9 Å². The van der Waals surface area contributed by atoms with Crippen LogP contribution in [0.3, 0.4) is 0 Å². The fourth-order valence-corrected chi connectivity index (χ4v) is 5.29. The molecule has 29 heavy (non-hydrogen) atoms. The molecule has 1 atom stereocenters. The number of carbonyl (C=O) groups is 1. The highest BCUT2D eigenvalue weighted by molar-refractivity contribution is 5.94. The van der Waals surface area contributed by atoms with Crippen molar-refractivity contribution in [3.63, 3.8) is 0 Å². The Morgan fingerprint density at radius 1 is 1.17 bits per heavy atom. The molecule has 3 heterocycles. The summed E-state index contributed by atoms with van der Waals surface area (Å²) in [5.74, 6) is 0.568. The van der Waals surface area contributed by atoms with Crippen molar-refractivity contribution in [2.24, 2.45) is 0 Å². The standard InChI is InChI=1S/C22H27N5O2/c1-26(2)21-23-12-15-7-9-22(18(15)25-21)8-4-10-27(13-22)20(29)16-11-14-5-3-6-17(14)24-19(16)28/h11-12H,3-10,13H2,1-2H3,(H,24,28). The fourth-order valence-electron chi connectivity index (χ4n) is 5.29. The third-order valence-corrected chi connectivity index (χ3v) is 6.81. The molecule has 0 radical (unpaired) electrons. The van der Waals surface area contributed by atoms with E-state index >= 15 is 0 Å². The van der Waals surface area contributed by atoms with Crippen molar-refractivity contribution >= 4 is 11.9 Å². The molecule has 2 aromatic rings. The highest BCUT2D eigenvalue weighted by atomic mass is 16.2. The summed E-state index contributed by atoms with van der Waals surface area (Å²) in [6, 6.07) is 1.83. The van der Waals surface area contributed by atoms with E-state index in [1.165, 1.54) is 5.56 Å². The van der Waals surface area contributed by atoms with Gasteiger partial charge in [-0.3, -0.25) is 9.59 Å². The van der Waals surface area contributed by atoms with E-state index in [2.05, 4.69) is 9.97 Å². The molecule has 2 aliphatic carbocycles. The SMILES string of the molecule is CN(C)c1ncc2c(n1)C1(CCCN(C(=O)c3cc4c([nH]c3=O)CCC4)C1)CC2. The lowest BCUT2D eigenvalue weighted by Crippen LogP contribution is -2.49. The summed E-state index contributed by atoms with van der Waals surface area (Å²) < 4.78 is 0. The number of amides is 1. The molecule has 0 saturated carbocycles. The van der Waals surface area contributed by atoms with Crippen LogP contribution < -0.4 is 10.5 Å². The van der Waals surface area contributed by atoms with E-state index < -0.39 is 0 Å². The number of nitrogens with one attached hydrogen (secondary N) is 1. The first-order valence-electron chi connectivity index (χ1n) is 10.5. The van der Waals surface area contributed by atoms with E-state index in [0.29, 0.717) is 19.0 Å². The van der Waals surface area contributed by atoms with Crippen LogP contribution >= 0.6 is 0 Å². The van der Waals surface area contributed by atoms with E-state index in [1.807, 2.05) is 36.2 Å². The van der Waals surface area contributed by atoms with Gasteiger partial charge in [0.1, 0.15) is 5.56 Å². The Bertz CT molecular complexity index is 1040. The monoisotopic (exact) mass is 393 g/mol. The Morgan fingerprint density at radius 2 is 2.03 bits per heavy atom. The normalized spacial score (nSPS) is 22.6. The van der Waals surface area contributed by atoms with Gasteiger partial charge < -0.3 is 14.8 Å². The van der Waals surface area contributed by atoms with Crippen molar-refractivity contribution in [3.05, 3.63) is 50.7 Å². The molecule has 152 valence electrons. The summed E-state index contributed by atoms with van der Waals surface area (Å²) in [6.45, 7) is 1.32. The van der Waals surface area contributed by atoms with Gasteiger partial charge in [-0.15, -0.1) is 0 Å². The zero-order valence-electron chi connectivity index (χ0n) is 17.1. The molecule has 7 nitrogen and oxygen atoms in total. The van der Waals surface area contributed by atoms with Crippen molar-refractivity contribution in [1.29, 1.82) is 0 Å². The number of likely N-dealkylation sites (tertiary alicyclic amines) is 1. The van der Waals surface area contributed by atoms with Crippen LogP contribution in [-0.2, 0) is 24.7 Å². The molecule has 1 fully saturated rings. The molecule has 1 spiro atoms. The lowest BCUT2D eigenvalue weighted by atomic mass is 9.77. The molecule has 0 bridgehead atoms. The van der Waals surface area contributed by atoms with Gasteiger partial charge in [0.05, 0.1) is 5.69 Å². The molecule has 3 aliphatic rings. The predicted molar refractivity (Wildman–Crippen MR) is 111 cm³/mol. The first kappa shape index (κ1) is 18.3. The van der Waals surface area contributed by atoms with Gasteiger partial charge in [-0.1, -0.05) is 0 Å². The van der Waals surface area contributed by atoms with Gasteiger partial charge in [0.15, 0.2) is 0 Å². The number of H-pyrrole nitrogens is 1. The molecule has 7 heteroatoms. The number of pyridine rings is 1. The van der Waals surface area contributed by atoms with Gasteiger partial charge in [0.2, 0.25) is 5.95 Å². The molecule has 0 aromatic carbocycles. The number of aromatic nitrogens is 3. The van der Waals surface area contributed by atoms with Crippen molar-refractivity contribution in [3.8, 4) is 0 Å². The van der Waals surface area contributed by atoms with Crippen LogP contribution in [-0.4, -0.2) is 52.9 Å². The van der Waals surface area contributed by atoms with Crippen LogP contribution in [0.1, 0.15) is 58.6 Å². The number of hydrogen-bond acceptors (Lipinski definition) is 5. The van der Waals surface area contributed by atoms with Gasteiger partial charge in [-0.25, -0.2) is 9.97 Å². The quantitative estimate of drug-likeness (QED) is 0.842. The first-order valence-corrected chi connectivity index (χ1v) is 10.5. The molecular formula is C22H27N5O2. The maximum Gasteiger partial charge on any atom is 0.261 e. The number of hydrogen-bond donors (Lipinski definition) is 1. The topological polar surface area (TPSA) is 82.2 Å². The smallest absolute Gasteiger partial charge is 0.261 e. The van der Waals surface area contributed by atoms with Crippen LogP contribution in [0.4, 0.5) is 5.95 Å². The fraction of sp³-hybridized carbons (Fsp3) is 0.545. The summed E-state index contributed by atoms with van der Waals surface area (Å²) in [5, 5.41) is 0. The molecule has 1 unspecified atom stereocenters. The molecule has 1 aliphatic heterocycles. The summed E-state index contributed by atoms with van der Waals surface area (Å²) in [7, 11) is 3.89. The van der Waals surface area contributed by atoms with Crippen molar-refractivity contribution in [2.45, 2.75) is 50.4 Å². The number of aromatic amines is 1. The van der Waals surface area contributed by atoms with Crippen LogP contribution in [0.5, 0.6) is 0 Å². The number of aryl methyl sites for hydroxylation is 3. The van der Waals surface area contributed by atoms with Gasteiger partial charge in [-0.05, 0) is 62.1 Å². The molecule has 1 N–H and O–H groups in total. The number of piperidine rings is 1. The largest absolute Gasteiger partial charge is 0.347 e. The highest BCUT2D eigenvalue weighted by Gasteiger charge is 2.45. The predicted octanol–water partition coefficient (Wildman–Crippen LogP) is 1.84. The van der Waals surface area contributed by atoms with Crippen molar-refractivity contribution in [2.75, 3.05) is 32.1 Å². The van der Waals surface area contributed by atoms with Crippen LogP contribution in [0.2, 0.25) is 0 Å². The third kappa shape index (κ3) is 2.94. The number of rotatable bonds is 2. The van der Waals surface area contributed by atoms with Crippen LogP contribution in [0.15, 0.2) is 17.1 Å². The number of fused-ring (bicyclic) bond motifs is 3. The maximum absolute atomic E-state index is 13.3. The minimum atomic E-state index is -0.251. The number of anilines is 1. The summed E-state index contributed by atoms with van der Waals surface area (Å²) in [4.78, 5) is 41.9. The number of nitrogens with zero attached hydrogens (tertiary/aromatic N) is 4. The van der Waals surface area contributed by atoms with Gasteiger partial charge in [0.25, 0.3) is 11.5 Å². The second kappa shape index (κ2) is 6.68. The minimum absolute atomic E-state index is 0.125. The molecule has 1 amide bonds.